The Balaban J connectivity index is 2.40. The Hall–Kier alpha value is -0.820. The van der Waals surface area contributed by atoms with Gasteiger partial charge in [-0.15, -0.1) is 0 Å². The number of benzene rings is 1. The summed E-state index contributed by atoms with van der Waals surface area (Å²) in [6.07, 6.45) is 1.69. The summed E-state index contributed by atoms with van der Waals surface area (Å²) in [4.78, 5) is 0. The van der Waals surface area contributed by atoms with Crippen LogP contribution in [0.2, 0.25) is 0 Å². The van der Waals surface area contributed by atoms with Crippen molar-refractivity contribution in [2.45, 2.75) is 32.5 Å². The van der Waals surface area contributed by atoms with E-state index < -0.39 is 0 Å². The average molecular weight is 162 g/mol. The molecule has 0 fully saturated rings. The predicted molar refractivity (Wildman–Crippen MR) is 49.1 cm³/mol. The van der Waals surface area contributed by atoms with Crippen LogP contribution in [0, 0.1) is 0 Å². The monoisotopic (exact) mass is 162 g/mol. The van der Waals surface area contributed by atoms with Crippen molar-refractivity contribution in [3.63, 3.8) is 0 Å². The van der Waals surface area contributed by atoms with E-state index in [9.17, 15) is 0 Å². The van der Waals surface area contributed by atoms with Gasteiger partial charge >= 0.3 is 0 Å². The van der Waals surface area contributed by atoms with Crippen LogP contribution in [0.1, 0.15) is 31.1 Å². The minimum Gasteiger partial charge on any atom is -0.371 e. The molecule has 0 radical (unpaired) electrons. The van der Waals surface area contributed by atoms with Crippen LogP contribution in [0.4, 0.5) is 0 Å². The lowest BCUT2D eigenvalue weighted by Gasteiger charge is -2.27. The molecule has 0 saturated carbocycles. The summed E-state index contributed by atoms with van der Waals surface area (Å²) in [6.45, 7) is 4.25. The summed E-state index contributed by atoms with van der Waals surface area (Å²) in [6, 6.07) is 8.54. The summed E-state index contributed by atoms with van der Waals surface area (Å²) < 4.78 is 5.71. The van der Waals surface area contributed by atoms with Gasteiger partial charge in [0.2, 0.25) is 0 Å². The first-order chi connectivity index (χ1) is 5.77. The molecule has 1 aliphatic rings. The molecule has 0 spiro atoms. The quantitative estimate of drug-likeness (QED) is 0.570. The van der Waals surface area contributed by atoms with Gasteiger partial charge in [0, 0.05) is 0 Å². The van der Waals surface area contributed by atoms with Crippen LogP contribution in [-0.4, -0.2) is 6.10 Å². The first-order valence-corrected chi connectivity index (χ1v) is 4.50. The molecule has 1 aliphatic heterocycles. The van der Waals surface area contributed by atoms with Gasteiger partial charge in [-0.1, -0.05) is 24.3 Å². The van der Waals surface area contributed by atoms with Gasteiger partial charge < -0.3 is 4.74 Å². The minimum atomic E-state index is 0.268. The molecule has 2 atom stereocenters. The average Bonchev–Trinajstić information content (AvgIpc) is 2.04. The van der Waals surface area contributed by atoms with Gasteiger partial charge in [0.05, 0.1) is 12.2 Å². The van der Waals surface area contributed by atoms with Crippen LogP contribution in [-0.2, 0) is 11.2 Å². The molecule has 0 amide bonds. The van der Waals surface area contributed by atoms with Crippen LogP contribution in [0.3, 0.4) is 0 Å². The molecule has 0 aromatic heterocycles. The Kier molecular flexibility index (Phi) is 1.89. The highest BCUT2D eigenvalue weighted by atomic mass is 16.5. The first-order valence-electron chi connectivity index (χ1n) is 4.50. The molecule has 0 unspecified atom stereocenters. The second-order valence-corrected chi connectivity index (χ2v) is 3.49. The van der Waals surface area contributed by atoms with Crippen LogP contribution in [0.25, 0.3) is 0 Å². The Morgan fingerprint density at radius 2 is 2.00 bits per heavy atom. The normalized spacial score (nSPS) is 28.2. The lowest BCUT2D eigenvalue weighted by atomic mass is 9.96. The van der Waals surface area contributed by atoms with Crippen molar-refractivity contribution in [2.75, 3.05) is 0 Å². The molecule has 12 heavy (non-hydrogen) atoms. The van der Waals surface area contributed by atoms with Crippen molar-refractivity contribution >= 4 is 0 Å². The molecule has 0 saturated heterocycles. The van der Waals surface area contributed by atoms with Crippen LogP contribution < -0.4 is 0 Å². The number of hydrogen-bond donors (Lipinski definition) is 0. The third-order valence-electron chi connectivity index (χ3n) is 2.44. The summed E-state index contributed by atoms with van der Waals surface area (Å²) in [5.41, 5.74) is 2.80. The maximum absolute atomic E-state index is 5.71. The zero-order chi connectivity index (χ0) is 8.55. The molecule has 0 aliphatic carbocycles. The standard InChI is InChI=1S/C11H14O/c1-8-7-10-5-3-4-6-11(10)9(2)12-8/h3-6,8-9H,7H2,1-2H3/t8-,9+/m0/s1. The minimum absolute atomic E-state index is 0.268. The Bertz CT molecular complexity index is 280. The summed E-state index contributed by atoms with van der Waals surface area (Å²) in [5.74, 6) is 0. The Labute approximate surface area is 73.4 Å². The van der Waals surface area contributed by atoms with E-state index in [4.69, 9.17) is 4.74 Å². The van der Waals surface area contributed by atoms with Crippen LogP contribution in [0.5, 0.6) is 0 Å². The SMILES string of the molecule is C[C@H]1Cc2ccccc2[C@@H](C)O1. The summed E-state index contributed by atoms with van der Waals surface area (Å²) in [7, 11) is 0. The molecule has 1 nitrogen and oxygen atoms in total. The molecular formula is C11H14O. The number of rotatable bonds is 0. The topological polar surface area (TPSA) is 9.23 Å². The van der Waals surface area contributed by atoms with E-state index in [2.05, 4.69) is 38.1 Å². The lowest BCUT2D eigenvalue weighted by Crippen LogP contribution is -2.21. The second-order valence-electron chi connectivity index (χ2n) is 3.49. The highest BCUT2D eigenvalue weighted by molar-refractivity contribution is 5.30. The fourth-order valence-corrected chi connectivity index (χ4v) is 1.90. The van der Waals surface area contributed by atoms with Gasteiger partial charge in [-0.05, 0) is 31.4 Å². The molecule has 2 rings (SSSR count). The maximum atomic E-state index is 5.71. The maximum Gasteiger partial charge on any atom is 0.0803 e. The molecule has 1 aromatic carbocycles. The van der Waals surface area contributed by atoms with Gasteiger partial charge in [0.1, 0.15) is 0 Å². The van der Waals surface area contributed by atoms with E-state index in [-0.39, 0.29) is 6.10 Å². The number of fused-ring (bicyclic) bond motifs is 1. The predicted octanol–water partition coefficient (Wildman–Crippen LogP) is 2.71. The highest BCUT2D eigenvalue weighted by Crippen LogP contribution is 2.28. The van der Waals surface area contributed by atoms with E-state index in [1.807, 2.05) is 0 Å². The largest absolute Gasteiger partial charge is 0.371 e. The number of ether oxygens (including phenoxy) is 1. The van der Waals surface area contributed by atoms with Gasteiger partial charge in [-0.2, -0.15) is 0 Å². The van der Waals surface area contributed by atoms with Crippen molar-refractivity contribution in [3.8, 4) is 0 Å². The van der Waals surface area contributed by atoms with E-state index in [1.54, 1.807) is 0 Å². The lowest BCUT2D eigenvalue weighted by molar-refractivity contribution is -0.00468. The number of hydrogen-bond acceptors (Lipinski definition) is 1. The van der Waals surface area contributed by atoms with E-state index in [1.165, 1.54) is 11.1 Å². The Morgan fingerprint density at radius 1 is 1.25 bits per heavy atom. The molecule has 1 aromatic rings. The molecule has 0 N–H and O–H groups in total. The fraction of sp³-hybridized carbons (Fsp3) is 0.455. The zero-order valence-corrected chi connectivity index (χ0v) is 7.58. The molecular weight excluding hydrogens is 148 g/mol. The van der Waals surface area contributed by atoms with E-state index in [0.717, 1.165) is 6.42 Å². The van der Waals surface area contributed by atoms with Crippen molar-refractivity contribution in [3.05, 3.63) is 35.4 Å². The summed E-state index contributed by atoms with van der Waals surface area (Å²) in [5, 5.41) is 0. The van der Waals surface area contributed by atoms with Crippen molar-refractivity contribution in [1.29, 1.82) is 0 Å². The third kappa shape index (κ3) is 1.25. The zero-order valence-electron chi connectivity index (χ0n) is 7.58. The molecule has 64 valence electrons. The van der Waals surface area contributed by atoms with Gasteiger partial charge in [0.15, 0.2) is 0 Å². The Morgan fingerprint density at radius 3 is 2.83 bits per heavy atom. The van der Waals surface area contributed by atoms with Crippen molar-refractivity contribution in [2.24, 2.45) is 0 Å². The van der Waals surface area contributed by atoms with Gasteiger partial charge in [-0.25, -0.2) is 0 Å². The molecule has 1 heteroatoms. The molecule has 1 heterocycles. The van der Waals surface area contributed by atoms with Gasteiger partial charge in [0.25, 0.3) is 0 Å². The highest BCUT2D eigenvalue weighted by Gasteiger charge is 2.20. The second kappa shape index (κ2) is 2.91. The summed E-state index contributed by atoms with van der Waals surface area (Å²) >= 11 is 0. The fourth-order valence-electron chi connectivity index (χ4n) is 1.90. The van der Waals surface area contributed by atoms with Crippen LogP contribution in [0.15, 0.2) is 24.3 Å². The third-order valence-corrected chi connectivity index (χ3v) is 2.44. The van der Waals surface area contributed by atoms with Gasteiger partial charge in [-0.3, -0.25) is 0 Å². The van der Waals surface area contributed by atoms with Crippen LogP contribution >= 0.6 is 0 Å². The van der Waals surface area contributed by atoms with Crippen molar-refractivity contribution in [1.82, 2.24) is 0 Å². The first kappa shape index (κ1) is 7.81. The van der Waals surface area contributed by atoms with E-state index in [0.29, 0.717) is 6.10 Å². The smallest absolute Gasteiger partial charge is 0.0803 e. The van der Waals surface area contributed by atoms with E-state index >= 15 is 0 Å². The van der Waals surface area contributed by atoms with Crippen molar-refractivity contribution < 1.29 is 4.74 Å². The molecule has 0 bridgehead atoms.